The van der Waals surface area contributed by atoms with Crippen LogP contribution in [0.5, 0.6) is 5.75 Å². The minimum atomic E-state index is -5.25. The summed E-state index contributed by atoms with van der Waals surface area (Å²) >= 11 is 0. The molecule has 4 heterocycles. The van der Waals surface area contributed by atoms with Gasteiger partial charge in [0, 0.05) is 12.5 Å². The molecule has 11 heteroatoms. The normalized spacial score (nSPS) is 23.6. The van der Waals surface area contributed by atoms with Gasteiger partial charge in [-0.15, -0.1) is 0 Å². The van der Waals surface area contributed by atoms with Gasteiger partial charge < -0.3 is 9.15 Å². The van der Waals surface area contributed by atoms with E-state index in [2.05, 4.69) is 4.98 Å². The molecule has 0 radical (unpaired) electrons. The maximum absolute atomic E-state index is 15.8. The van der Waals surface area contributed by atoms with Crippen molar-refractivity contribution in [2.24, 2.45) is 0 Å². The van der Waals surface area contributed by atoms with Crippen molar-refractivity contribution in [1.82, 2.24) is 9.38 Å². The number of aromatic nitrogens is 3. The molecular formula is C26H21F5N3O3+. The van der Waals surface area contributed by atoms with Crippen LogP contribution in [0.25, 0.3) is 22.3 Å². The summed E-state index contributed by atoms with van der Waals surface area (Å²) in [5.74, 6) is -3.10. The molecule has 6 nitrogen and oxygen atoms in total. The zero-order valence-corrected chi connectivity index (χ0v) is 20.3. The zero-order valence-electron chi connectivity index (χ0n) is 20.3. The fourth-order valence-electron chi connectivity index (χ4n) is 6.65. The third kappa shape index (κ3) is 2.56. The molecule has 6 rings (SSSR count). The lowest BCUT2D eigenvalue weighted by atomic mass is 9.78. The number of pyridine rings is 1. The van der Waals surface area contributed by atoms with Gasteiger partial charge in [0.2, 0.25) is 16.8 Å². The van der Waals surface area contributed by atoms with Crippen molar-refractivity contribution in [3.63, 3.8) is 0 Å². The van der Waals surface area contributed by atoms with Crippen molar-refractivity contribution in [2.45, 2.75) is 50.7 Å². The Bertz CT molecular complexity index is 1760. The van der Waals surface area contributed by atoms with Crippen LogP contribution in [0.1, 0.15) is 43.5 Å². The summed E-state index contributed by atoms with van der Waals surface area (Å²) in [6.45, 7) is 5.32. The molecule has 1 saturated carbocycles. The smallest absolute Gasteiger partial charge is 0.422 e. The predicted molar refractivity (Wildman–Crippen MR) is 121 cm³/mol. The van der Waals surface area contributed by atoms with Gasteiger partial charge in [0.15, 0.2) is 17.5 Å². The number of halogens is 5. The molecule has 192 valence electrons. The summed E-state index contributed by atoms with van der Waals surface area (Å²) in [5, 5.41) is 0. The molecule has 4 aromatic rings. The number of imidazole rings is 1. The first kappa shape index (κ1) is 23.6. The molecule has 0 bridgehead atoms. The van der Waals surface area contributed by atoms with Crippen LogP contribution in [-0.4, -0.2) is 16.5 Å². The summed E-state index contributed by atoms with van der Waals surface area (Å²) in [4.78, 5) is 16.9. The van der Waals surface area contributed by atoms with E-state index in [0.29, 0.717) is 23.4 Å². The number of alkyl halides is 3. The molecule has 37 heavy (non-hydrogen) atoms. The molecule has 0 spiro atoms. The van der Waals surface area contributed by atoms with E-state index in [1.54, 1.807) is 30.7 Å². The Kier molecular flexibility index (Phi) is 4.58. The van der Waals surface area contributed by atoms with Crippen molar-refractivity contribution in [3.05, 3.63) is 75.1 Å². The number of fused-ring (bicyclic) bond motifs is 7. The SMILES string of the molecule is CCC12C(=c3oc(=O)c4c(C)ncn34)C1(CC)[n+]1ccc(OC)cc1-c1c2cc(F)c(C(F)(F)F)c1F. The summed E-state index contributed by atoms with van der Waals surface area (Å²) in [5.41, 5.74) is -3.50. The lowest BCUT2D eigenvalue weighted by Gasteiger charge is -2.29. The van der Waals surface area contributed by atoms with Crippen molar-refractivity contribution in [2.75, 3.05) is 7.11 Å². The number of nitrogens with zero attached hydrogens (tertiary/aromatic N) is 3. The van der Waals surface area contributed by atoms with Gasteiger partial charge in [0.25, 0.3) is 0 Å². The molecule has 3 aromatic heterocycles. The van der Waals surface area contributed by atoms with Gasteiger partial charge in [0.05, 0.1) is 35.4 Å². The van der Waals surface area contributed by atoms with Gasteiger partial charge in [-0.05, 0) is 25.0 Å². The van der Waals surface area contributed by atoms with E-state index < -0.39 is 40.0 Å². The largest absolute Gasteiger partial charge is 0.496 e. The molecule has 0 N–H and O–H groups in total. The third-order valence-electron chi connectivity index (χ3n) is 8.08. The first-order valence-corrected chi connectivity index (χ1v) is 11.7. The van der Waals surface area contributed by atoms with Crippen molar-refractivity contribution >= 4 is 11.1 Å². The minimum Gasteiger partial charge on any atom is -0.496 e. The highest BCUT2D eigenvalue weighted by atomic mass is 19.4. The zero-order chi connectivity index (χ0) is 26.7. The van der Waals surface area contributed by atoms with Crippen LogP contribution < -0.4 is 20.5 Å². The van der Waals surface area contributed by atoms with Gasteiger partial charge in [-0.3, -0.25) is 4.40 Å². The average molecular weight is 518 g/mol. The van der Waals surface area contributed by atoms with Crippen LogP contribution in [0.4, 0.5) is 22.0 Å². The summed E-state index contributed by atoms with van der Waals surface area (Å²) in [6.07, 6.45) is -1.53. The number of ether oxygens (including phenoxy) is 1. The fraction of sp³-hybridized carbons (Fsp3) is 0.346. The van der Waals surface area contributed by atoms with E-state index >= 15 is 8.78 Å². The Morgan fingerprint density at radius 1 is 1.19 bits per heavy atom. The third-order valence-corrected chi connectivity index (χ3v) is 8.08. The van der Waals surface area contributed by atoms with Crippen LogP contribution in [0.15, 0.2) is 39.9 Å². The standard InChI is InChI=1S/C26H21F5N3O3/c1-5-24-14-10-15(27)18(26(29,30)31)19(28)17(14)16-9-13(36-4)7-8-34(16)25(24,6-2)21(24)22-33-11-32-12(3)20(33)23(35)37-22/h7-11H,5-6H2,1-4H3/q+1. The van der Waals surface area contributed by atoms with Gasteiger partial charge in [-0.1, -0.05) is 13.8 Å². The number of rotatable bonds is 3. The monoisotopic (exact) mass is 518 g/mol. The number of hydrogen-bond acceptors (Lipinski definition) is 4. The fourth-order valence-corrected chi connectivity index (χ4v) is 6.65. The molecule has 2 aliphatic rings. The van der Waals surface area contributed by atoms with Crippen LogP contribution in [-0.2, 0) is 17.1 Å². The van der Waals surface area contributed by atoms with E-state index in [9.17, 15) is 18.0 Å². The average Bonchev–Trinajstić information content (AvgIpc) is 3.06. The number of benzene rings is 1. The Hall–Kier alpha value is -3.76. The Morgan fingerprint density at radius 2 is 1.92 bits per heavy atom. The molecule has 0 saturated heterocycles. The second-order valence-corrected chi connectivity index (χ2v) is 9.38. The predicted octanol–water partition coefficient (Wildman–Crippen LogP) is 4.21. The molecule has 1 fully saturated rings. The van der Waals surface area contributed by atoms with Crippen molar-refractivity contribution in [3.8, 4) is 17.0 Å². The molecule has 1 aliphatic carbocycles. The minimum absolute atomic E-state index is 0.0666. The van der Waals surface area contributed by atoms with Gasteiger partial charge in [-0.25, -0.2) is 18.6 Å². The Morgan fingerprint density at radius 3 is 2.54 bits per heavy atom. The van der Waals surface area contributed by atoms with Crippen LogP contribution in [0.2, 0.25) is 0 Å². The van der Waals surface area contributed by atoms with E-state index in [4.69, 9.17) is 9.15 Å². The second kappa shape index (κ2) is 7.17. The van der Waals surface area contributed by atoms with Gasteiger partial charge >= 0.3 is 11.8 Å². The van der Waals surface area contributed by atoms with Crippen LogP contribution >= 0.6 is 0 Å². The van der Waals surface area contributed by atoms with Gasteiger partial charge in [-0.2, -0.15) is 17.7 Å². The highest BCUT2D eigenvalue weighted by Gasteiger charge is 2.83. The van der Waals surface area contributed by atoms with E-state index in [-0.39, 0.29) is 34.3 Å². The summed E-state index contributed by atoms with van der Waals surface area (Å²) in [7, 11) is 1.38. The van der Waals surface area contributed by atoms with Gasteiger partial charge in [0.1, 0.15) is 23.5 Å². The summed E-state index contributed by atoms with van der Waals surface area (Å²) in [6, 6.07) is 3.83. The number of oxazole rings is 1. The van der Waals surface area contributed by atoms with Crippen molar-refractivity contribution in [1.29, 1.82) is 0 Å². The molecule has 2 atom stereocenters. The van der Waals surface area contributed by atoms with Crippen molar-refractivity contribution < 1.29 is 35.7 Å². The Balaban J connectivity index is 1.86. The number of hydrogen-bond donors (Lipinski definition) is 0. The highest BCUT2D eigenvalue weighted by Crippen LogP contribution is 2.73. The van der Waals surface area contributed by atoms with E-state index in [1.807, 2.05) is 6.92 Å². The molecule has 1 aliphatic heterocycles. The van der Waals surface area contributed by atoms with Crippen LogP contribution in [0.3, 0.4) is 0 Å². The quantitative estimate of drug-likeness (QED) is 0.301. The first-order valence-electron chi connectivity index (χ1n) is 11.7. The highest BCUT2D eigenvalue weighted by molar-refractivity contribution is 5.90. The topological polar surface area (TPSA) is 60.6 Å². The molecule has 1 aromatic carbocycles. The maximum atomic E-state index is 15.8. The van der Waals surface area contributed by atoms with Crippen LogP contribution in [0, 0.1) is 18.6 Å². The first-order chi connectivity index (χ1) is 17.5. The molecular weight excluding hydrogens is 497 g/mol. The summed E-state index contributed by atoms with van der Waals surface area (Å²) < 4.78 is 86.4. The Labute approximate surface area is 206 Å². The number of aryl methyl sites for hydroxylation is 1. The van der Waals surface area contributed by atoms with E-state index in [1.165, 1.54) is 23.9 Å². The molecule has 0 amide bonds. The lowest BCUT2D eigenvalue weighted by molar-refractivity contribution is -0.729. The molecule has 2 unspecified atom stereocenters. The second-order valence-electron chi connectivity index (χ2n) is 9.38. The number of methoxy groups -OCH3 is 1. The maximum Gasteiger partial charge on any atom is 0.422 e. The lowest BCUT2D eigenvalue weighted by Crippen LogP contribution is -2.55. The van der Waals surface area contributed by atoms with E-state index in [0.717, 1.165) is 6.07 Å².